The first-order chi connectivity index (χ1) is 15.7. The summed E-state index contributed by atoms with van der Waals surface area (Å²) < 4.78 is 24.4. The second-order valence-corrected chi connectivity index (χ2v) is 10.4. The van der Waals surface area contributed by atoms with Crippen molar-refractivity contribution in [2.45, 2.75) is 44.3 Å². The molecule has 9 heteroatoms. The van der Waals surface area contributed by atoms with Gasteiger partial charge in [0, 0.05) is 24.0 Å². The number of nitrogens with one attached hydrogen (secondary N) is 3. The molecule has 1 heterocycles. The van der Waals surface area contributed by atoms with Crippen molar-refractivity contribution < 1.29 is 13.2 Å². The summed E-state index contributed by atoms with van der Waals surface area (Å²) in [5.41, 5.74) is 2.23. The van der Waals surface area contributed by atoms with Gasteiger partial charge in [-0.25, -0.2) is 18.4 Å². The fraction of sp³-hybridized carbons (Fsp3) is 0.292. The van der Waals surface area contributed by atoms with Gasteiger partial charge in [-0.15, -0.1) is 0 Å². The molecule has 3 rings (SSSR count). The van der Waals surface area contributed by atoms with Crippen molar-refractivity contribution in [3.05, 3.63) is 66.0 Å². The number of anilines is 4. The lowest BCUT2D eigenvalue weighted by atomic mass is 10.1. The molecule has 174 valence electrons. The van der Waals surface area contributed by atoms with Crippen molar-refractivity contribution in [3.8, 4) is 0 Å². The minimum absolute atomic E-state index is 0.148. The van der Waals surface area contributed by atoms with Gasteiger partial charge < -0.3 is 16.0 Å². The molecule has 0 saturated carbocycles. The molecule has 0 bridgehead atoms. The minimum atomic E-state index is -3.32. The Labute approximate surface area is 194 Å². The molecule has 0 aliphatic rings. The molecule has 0 fully saturated rings. The highest BCUT2D eigenvalue weighted by Crippen LogP contribution is 2.20. The summed E-state index contributed by atoms with van der Waals surface area (Å²) in [5.74, 6) is 1.91. The zero-order chi connectivity index (χ0) is 24.0. The number of nitrogens with zero attached hydrogens (tertiary/aromatic N) is 2. The number of hydrogen-bond donors (Lipinski definition) is 3. The molecular formula is C24H29N5O3S. The molecule has 0 atom stereocenters. The second kappa shape index (κ2) is 10.4. The maximum Gasteiger partial charge on any atom is 0.228 e. The van der Waals surface area contributed by atoms with Crippen molar-refractivity contribution in [2.75, 3.05) is 22.5 Å². The van der Waals surface area contributed by atoms with E-state index in [1.165, 1.54) is 0 Å². The van der Waals surface area contributed by atoms with E-state index in [0.29, 0.717) is 17.3 Å². The molecule has 0 spiro atoms. The van der Waals surface area contributed by atoms with Crippen LogP contribution in [0, 0.1) is 6.92 Å². The van der Waals surface area contributed by atoms with Crippen LogP contribution in [0.4, 0.5) is 23.0 Å². The monoisotopic (exact) mass is 467 g/mol. The van der Waals surface area contributed by atoms with E-state index in [1.807, 2.05) is 32.0 Å². The van der Waals surface area contributed by atoms with Crippen LogP contribution in [-0.2, 0) is 21.1 Å². The number of sulfone groups is 1. The van der Waals surface area contributed by atoms with E-state index in [9.17, 15) is 13.2 Å². The van der Waals surface area contributed by atoms with Gasteiger partial charge in [-0.05, 0) is 69.7 Å². The average molecular weight is 468 g/mol. The number of hydrogen-bond acceptors (Lipinski definition) is 7. The van der Waals surface area contributed by atoms with E-state index in [2.05, 4.69) is 25.9 Å². The van der Waals surface area contributed by atoms with E-state index in [1.54, 1.807) is 50.2 Å². The van der Waals surface area contributed by atoms with Crippen molar-refractivity contribution in [1.82, 2.24) is 9.97 Å². The lowest BCUT2D eigenvalue weighted by molar-refractivity contribution is -0.115. The SMILES string of the molecule is CCNc1cc(Nc2ccc(NC(=O)Cc3ccc(S(=O)(=O)C(C)C)cc3)cc2)nc(C)n1. The molecule has 2 aromatic carbocycles. The summed E-state index contributed by atoms with van der Waals surface area (Å²) in [6, 6.07) is 15.6. The first kappa shape index (κ1) is 24.2. The molecule has 3 N–H and O–H groups in total. The van der Waals surface area contributed by atoms with Crippen LogP contribution >= 0.6 is 0 Å². The lowest BCUT2D eigenvalue weighted by Crippen LogP contribution is -2.15. The maximum atomic E-state index is 12.4. The summed E-state index contributed by atoms with van der Waals surface area (Å²) in [4.78, 5) is 21.4. The summed E-state index contributed by atoms with van der Waals surface area (Å²) in [5, 5.41) is 8.78. The molecule has 8 nitrogen and oxygen atoms in total. The average Bonchev–Trinajstić information content (AvgIpc) is 2.75. The Balaban J connectivity index is 1.59. The largest absolute Gasteiger partial charge is 0.370 e. The molecule has 0 radical (unpaired) electrons. The van der Waals surface area contributed by atoms with E-state index in [0.717, 1.165) is 23.6 Å². The molecule has 3 aromatic rings. The van der Waals surface area contributed by atoms with Gasteiger partial charge in [0.1, 0.15) is 17.5 Å². The van der Waals surface area contributed by atoms with Gasteiger partial charge in [-0.3, -0.25) is 4.79 Å². The molecule has 0 unspecified atom stereocenters. The number of carbonyl (C=O) groups excluding carboxylic acids is 1. The number of amides is 1. The van der Waals surface area contributed by atoms with Gasteiger partial charge in [-0.2, -0.15) is 0 Å². The molecular weight excluding hydrogens is 438 g/mol. The van der Waals surface area contributed by atoms with Crippen LogP contribution in [0.3, 0.4) is 0 Å². The Hall–Kier alpha value is -3.46. The Morgan fingerprint density at radius 1 is 0.939 bits per heavy atom. The Morgan fingerprint density at radius 3 is 2.15 bits per heavy atom. The lowest BCUT2D eigenvalue weighted by Gasteiger charge is -2.11. The molecule has 1 aromatic heterocycles. The zero-order valence-electron chi connectivity index (χ0n) is 19.2. The van der Waals surface area contributed by atoms with Gasteiger partial charge in [0.15, 0.2) is 9.84 Å². The Bertz CT molecular complexity index is 1210. The first-order valence-corrected chi connectivity index (χ1v) is 12.3. The smallest absolute Gasteiger partial charge is 0.228 e. The minimum Gasteiger partial charge on any atom is -0.370 e. The van der Waals surface area contributed by atoms with Gasteiger partial charge in [0.05, 0.1) is 16.6 Å². The predicted octanol–water partition coefficient (Wildman–Crippen LogP) is 4.32. The van der Waals surface area contributed by atoms with Gasteiger partial charge >= 0.3 is 0 Å². The fourth-order valence-electron chi connectivity index (χ4n) is 3.15. The van der Waals surface area contributed by atoms with Crippen LogP contribution < -0.4 is 16.0 Å². The van der Waals surface area contributed by atoms with E-state index < -0.39 is 15.1 Å². The highest BCUT2D eigenvalue weighted by Gasteiger charge is 2.18. The van der Waals surface area contributed by atoms with Crippen LogP contribution in [0.2, 0.25) is 0 Å². The summed E-state index contributed by atoms with van der Waals surface area (Å²) in [6.45, 7) is 7.90. The third kappa shape index (κ3) is 6.52. The number of rotatable bonds is 9. The summed E-state index contributed by atoms with van der Waals surface area (Å²) in [7, 11) is -3.32. The zero-order valence-corrected chi connectivity index (χ0v) is 20.0. The van der Waals surface area contributed by atoms with Gasteiger partial charge in [-0.1, -0.05) is 12.1 Å². The number of aryl methyl sites for hydroxylation is 1. The Kier molecular flexibility index (Phi) is 7.65. The van der Waals surface area contributed by atoms with Crippen LogP contribution in [-0.4, -0.2) is 36.1 Å². The number of aromatic nitrogens is 2. The second-order valence-electron chi connectivity index (χ2n) is 7.88. The summed E-state index contributed by atoms with van der Waals surface area (Å²) in [6.07, 6.45) is 0.148. The predicted molar refractivity (Wildman–Crippen MR) is 132 cm³/mol. The van der Waals surface area contributed by atoms with Gasteiger partial charge in [0.2, 0.25) is 5.91 Å². The van der Waals surface area contributed by atoms with Crippen molar-refractivity contribution >= 4 is 38.8 Å². The molecule has 0 saturated heterocycles. The maximum absolute atomic E-state index is 12.4. The molecule has 1 amide bonds. The van der Waals surface area contributed by atoms with Crippen molar-refractivity contribution in [1.29, 1.82) is 0 Å². The topological polar surface area (TPSA) is 113 Å². The van der Waals surface area contributed by atoms with Crippen LogP contribution in [0.5, 0.6) is 0 Å². The van der Waals surface area contributed by atoms with Crippen LogP contribution in [0.25, 0.3) is 0 Å². The van der Waals surface area contributed by atoms with Crippen LogP contribution in [0.1, 0.15) is 32.2 Å². The van der Waals surface area contributed by atoms with E-state index in [4.69, 9.17) is 0 Å². The Morgan fingerprint density at radius 2 is 1.55 bits per heavy atom. The first-order valence-electron chi connectivity index (χ1n) is 10.8. The van der Waals surface area contributed by atoms with Gasteiger partial charge in [0.25, 0.3) is 0 Å². The highest BCUT2D eigenvalue weighted by molar-refractivity contribution is 7.92. The third-order valence-corrected chi connectivity index (χ3v) is 7.04. The van der Waals surface area contributed by atoms with E-state index in [-0.39, 0.29) is 17.2 Å². The van der Waals surface area contributed by atoms with E-state index >= 15 is 0 Å². The van der Waals surface area contributed by atoms with Crippen molar-refractivity contribution in [2.24, 2.45) is 0 Å². The normalized spacial score (nSPS) is 11.3. The standard InChI is InChI=1S/C24H29N5O3S/c1-5-25-22-15-23(27-17(4)26-22)28-19-8-10-20(11-9-19)29-24(30)14-18-6-12-21(13-7-18)33(31,32)16(2)3/h6-13,15-16H,5,14H2,1-4H3,(H,29,30)(H2,25,26,27,28). The number of carbonyl (C=O) groups is 1. The molecule has 0 aliphatic heterocycles. The highest BCUT2D eigenvalue weighted by atomic mass is 32.2. The van der Waals surface area contributed by atoms with Crippen LogP contribution in [0.15, 0.2) is 59.5 Å². The van der Waals surface area contributed by atoms with Crippen molar-refractivity contribution in [3.63, 3.8) is 0 Å². The summed E-state index contributed by atoms with van der Waals surface area (Å²) >= 11 is 0. The molecule has 0 aliphatic carbocycles. The third-order valence-electron chi connectivity index (χ3n) is 4.87. The molecule has 33 heavy (non-hydrogen) atoms. The fourth-order valence-corrected chi connectivity index (χ4v) is 4.21. The quantitative estimate of drug-likeness (QED) is 0.429. The number of benzene rings is 2.